The van der Waals surface area contributed by atoms with Gasteiger partial charge in [-0.25, -0.2) is 0 Å². The first kappa shape index (κ1) is 13.9. The zero-order valence-electron chi connectivity index (χ0n) is 11.9. The molecule has 0 N–H and O–H groups in total. The number of ether oxygens (including phenoxy) is 1. The predicted molar refractivity (Wildman–Crippen MR) is 79.6 cm³/mol. The van der Waals surface area contributed by atoms with Crippen molar-refractivity contribution in [2.75, 3.05) is 14.2 Å². The number of fused-ring (bicyclic) bond motifs is 2. The van der Waals surface area contributed by atoms with Crippen LogP contribution in [0.1, 0.15) is 36.0 Å². The molecular formula is C16H20ClNO2. The minimum absolute atomic E-state index is 0.107. The number of carbonyl (C=O) groups is 1. The Kier molecular flexibility index (Phi) is 3.74. The van der Waals surface area contributed by atoms with Gasteiger partial charge in [0.1, 0.15) is 5.75 Å². The molecule has 2 atom stereocenters. The van der Waals surface area contributed by atoms with Crippen molar-refractivity contribution >= 4 is 17.4 Å². The van der Waals surface area contributed by atoms with Crippen LogP contribution >= 0.6 is 11.6 Å². The van der Waals surface area contributed by atoms with Crippen LogP contribution in [0.15, 0.2) is 18.2 Å². The number of nitrogens with zero attached hydrogens (tertiary/aromatic N) is 1. The molecule has 0 aromatic heterocycles. The van der Waals surface area contributed by atoms with Crippen LogP contribution in [0, 0.1) is 5.92 Å². The maximum atomic E-state index is 12.8. The Morgan fingerprint density at radius 3 is 2.55 bits per heavy atom. The van der Waals surface area contributed by atoms with Gasteiger partial charge >= 0.3 is 0 Å². The van der Waals surface area contributed by atoms with Gasteiger partial charge in [-0.1, -0.05) is 11.6 Å². The van der Waals surface area contributed by atoms with Crippen molar-refractivity contribution in [2.24, 2.45) is 5.92 Å². The van der Waals surface area contributed by atoms with Gasteiger partial charge in [-0.05, 0) is 50.9 Å². The van der Waals surface area contributed by atoms with Crippen molar-refractivity contribution in [1.82, 2.24) is 4.90 Å². The molecule has 2 heterocycles. The Labute approximate surface area is 124 Å². The number of piperidine rings is 1. The number of hydrogen-bond acceptors (Lipinski definition) is 3. The number of benzene rings is 1. The van der Waals surface area contributed by atoms with E-state index in [1.807, 2.05) is 0 Å². The van der Waals surface area contributed by atoms with Crippen molar-refractivity contribution in [1.29, 1.82) is 0 Å². The lowest BCUT2D eigenvalue weighted by atomic mass is 9.85. The summed E-state index contributed by atoms with van der Waals surface area (Å²) in [4.78, 5) is 15.2. The van der Waals surface area contributed by atoms with E-state index in [0.29, 0.717) is 28.4 Å². The van der Waals surface area contributed by atoms with Gasteiger partial charge in [0.15, 0.2) is 5.78 Å². The van der Waals surface area contributed by atoms with Crippen LogP contribution in [0.4, 0.5) is 0 Å². The normalized spacial score (nSPS) is 29.4. The molecule has 2 fully saturated rings. The molecule has 2 unspecified atom stereocenters. The number of hydrogen-bond donors (Lipinski definition) is 0. The second-order valence-electron chi connectivity index (χ2n) is 5.93. The van der Waals surface area contributed by atoms with E-state index in [1.165, 1.54) is 12.8 Å². The molecule has 0 spiro atoms. The number of Topliss-reactive ketones (excluding diaryl/α,β-unsaturated/α-hetero) is 1. The van der Waals surface area contributed by atoms with Crippen LogP contribution in [-0.2, 0) is 0 Å². The van der Waals surface area contributed by atoms with E-state index in [0.717, 1.165) is 12.8 Å². The van der Waals surface area contributed by atoms with Gasteiger partial charge in [-0.15, -0.1) is 0 Å². The number of ketones is 1. The molecule has 0 amide bonds. The minimum Gasteiger partial charge on any atom is -0.496 e. The lowest BCUT2D eigenvalue weighted by Gasteiger charge is -2.35. The van der Waals surface area contributed by atoms with E-state index in [4.69, 9.17) is 16.3 Å². The number of methoxy groups -OCH3 is 1. The number of rotatable bonds is 3. The van der Waals surface area contributed by atoms with Crippen LogP contribution < -0.4 is 4.74 Å². The maximum absolute atomic E-state index is 12.8. The van der Waals surface area contributed by atoms with Crippen molar-refractivity contribution in [3.8, 4) is 5.75 Å². The molecule has 0 saturated carbocycles. The monoisotopic (exact) mass is 293 g/mol. The third-order valence-corrected chi connectivity index (χ3v) is 5.13. The van der Waals surface area contributed by atoms with E-state index < -0.39 is 0 Å². The second kappa shape index (κ2) is 5.38. The molecule has 2 bridgehead atoms. The molecule has 1 aromatic rings. The standard InChI is InChI=1S/C16H20ClNO2/c1-18-12-4-5-13(18)8-10(7-12)16(19)14-9-11(17)3-6-15(14)20-2/h3,6,9-10,12-13H,4-5,7-8H2,1-2H3. The molecule has 4 heteroatoms. The summed E-state index contributed by atoms with van der Waals surface area (Å²) < 4.78 is 5.31. The van der Waals surface area contributed by atoms with Crippen LogP contribution in [0.3, 0.4) is 0 Å². The third kappa shape index (κ3) is 2.33. The highest BCUT2D eigenvalue weighted by molar-refractivity contribution is 6.31. The Morgan fingerprint density at radius 1 is 1.30 bits per heavy atom. The minimum atomic E-state index is 0.107. The summed E-state index contributed by atoms with van der Waals surface area (Å²) in [7, 11) is 3.78. The average molecular weight is 294 g/mol. The Morgan fingerprint density at radius 2 is 1.95 bits per heavy atom. The summed E-state index contributed by atoms with van der Waals surface area (Å²) >= 11 is 6.03. The van der Waals surface area contributed by atoms with Gasteiger partial charge < -0.3 is 9.64 Å². The molecular weight excluding hydrogens is 274 g/mol. The third-order valence-electron chi connectivity index (χ3n) is 4.90. The molecule has 20 heavy (non-hydrogen) atoms. The van der Waals surface area contributed by atoms with Crippen LogP contribution in [-0.4, -0.2) is 36.9 Å². The number of carbonyl (C=O) groups excluding carboxylic acids is 1. The molecule has 0 aliphatic carbocycles. The molecule has 2 saturated heterocycles. The van der Waals surface area contributed by atoms with E-state index in [2.05, 4.69) is 11.9 Å². The van der Waals surface area contributed by atoms with Crippen LogP contribution in [0.2, 0.25) is 5.02 Å². The summed E-state index contributed by atoms with van der Waals surface area (Å²) in [6.07, 6.45) is 4.36. The van der Waals surface area contributed by atoms with Crippen molar-refractivity contribution in [3.63, 3.8) is 0 Å². The summed E-state index contributed by atoms with van der Waals surface area (Å²) in [5, 5.41) is 0.588. The first-order chi connectivity index (χ1) is 9.60. The van der Waals surface area contributed by atoms with Gasteiger partial charge in [-0.3, -0.25) is 4.79 Å². The maximum Gasteiger partial charge on any atom is 0.169 e. The first-order valence-electron chi connectivity index (χ1n) is 7.20. The molecule has 3 nitrogen and oxygen atoms in total. The van der Waals surface area contributed by atoms with Gasteiger partial charge in [0.25, 0.3) is 0 Å². The highest BCUT2D eigenvalue weighted by Gasteiger charge is 2.41. The van der Waals surface area contributed by atoms with Gasteiger partial charge in [0.2, 0.25) is 0 Å². The lowest BCUT2D eigenvalue weighted by Crippen LogP contribution is -2.42. The zero-order chi connectivity index (χ0) is 14.3. The Hall–Kier alpha value is -1.06. The largest absolute Gasteiger partial charge is 0.496 e. The van der Waals surface area contributed by atoms with E-state index in [9.17, 15) is 4.79 Å². The lowest BCUT2D eigenvalue weighted by molar-refractivity contribution is 0.0764. The summed E-state index contributed by atoms with van der Waals surface area (Å²) in [6.45, 7) is 0. The average Bonchev–Trinajstić information content (AvgIpc) is 2.68. The summed E-state index contributed by atoms with van der Waals surface area (Å²) in [6, 6.07) is 6.40. The molecule has 0 radical (unpaired) electrons. The second-order valence-corrected chi connectivity index (χ2v) is 6.36. The van der Waals surface area contributed by atoms with Gasteiger partial charge in [0, 0.05) is 23.0 Å². The fourth-order valence-electron chi connectivity index (χ4n) is 3.72. The van der Waals surface area contributed by atoms with Crippen molar-refractivity contribution in [2.45, 2.75) is 37.8 Å². The quantitative estimate of drug-likeness (QED) is 0.800. The summed E-state index contributed by atoms with van der Waals surface area (Å²) in [5.74, 6) is 0.927. The number of halogens is 1. The van der Waals surface area contributed by atoms with Crippen LogP contribution in [0.25, 0.3) is 0 Å². The topological polar surface area (TPSA) is 29.5 Å². The molecule has 1 aromatic carbocycles. The zero-order valence-corrected chi connectivity index (χ0v) is 12.7. The molecule has 2 aliphatic rings. The fourth-order valence-corrected chi connectivity index (χ4v) is 3.89. The van der Waals surface area contributed by atoms with E-state index in [1.54, 1.807) is 25.3 Å². The molecule has 2 aliphatic heterocycles. The highest BCUT2D eigenvalue weighted by atomic mass is 35.5. The fraction of sp³-hybridized carbons (Fsp3) is 0.562. The predicted octanol–water partition coefficient (Wildman–Crippen LogP) is 3.40. The Balaban J connectivity index is 1.85. The van der Waals surface area contributed by atoms with E-state index >= 15 is 0 Å². The van der Waals surface area contributed by atoms with Crippen molar-refractivity contribution in [3.05, 3.63) is 28.8 Å². The van der Waals surface area contributed by atoms with Gasteiger partial charge in [0.05, 0.1) is 12.7 Å². The molecule has 108 valence electrons. The van der Waals surface area contributed by atoms with Crippen LogP contribution in [0.5, 0.6) is 5.75 Å². The Bertz CT molecular complexity index is 517. The highest BCUT2D eigenvalue weighted by Crippen LogP contribution is 2.39. The SMILES string of the molecule is COc1ccc(Cl)cc1C(=O)C1CC2CCC(C1)N2C. The van der Waals surface area contributed by atoms with Crippen molar-refractivity contribution < 1.29 is 9.53 Å². The smallest absolute Gasteiger partial charge is 0.169 e. The van der Waals surface area contributed by atoms with Gasteiger partial charge in [-0.2, -0.15) is 0 Å². The van der Waals surface area contributed by atoms with E-state index in [-0.39, 0.29) is 11.7 Å². The first-order valence-corrected chi connectivity index (χ1v) is 7.57. The summed E-state index contributed by atoms with van der Waals surface area (Å²) in [5.41, 5.74) is 0.633. The molecule has 3 rings (SSSR count).